The lowest BCUT2D eigenvalue weighted by Crippen LogP contribution is -2.41. The van der Waals surface area contributed by atoms with Crippen LogP contribution in [0.5, 0.6) is 0 Å². The number of rotatable bonds is 3. The van der Waals surface area contributed by atoms with E-state index in [4.69, 9.17) is 9.72 Å². The van der Waals surface area contributed by atoms with Crippen molar-refractivity contribution in [3.05, 3.63) is 64.4 Å². The summed E-state index contributed by atoms with van der Waals surface area (Å²) in [6.45, 7) is 3.65. The molecule has 1 fully saturated rings. The first-order valence-electron chi connectivity index (χ1n) is 11.2. The molecule has 2 aromatic carbocycles. The Kier molecular flexibility index (Phi) is 4.57. The number of amides is 1. The van der Waals surface area contributed by atoms with Crippen LogP contribution in [0.15, 0.2) is 53.3 Å². The zero-order valence-electron chi connectivity index (χ0n) is 17.8. The van der Waals surface area contributed by atoms with Crippen molar-refractivity contribution in [3.8, 4) is 11.5 Å². The summed E-state index contributed by atoms with van der Waals surface area (Å²) in [6, 6.07) is 15.8. The predicted octanol–water partition coefficient (Wildman–Crippen LogP) is 2.82. The molecule has 0 spiro atoms. The molecule has 32 heavy (non-hydrogen) atoms. The molecule has 4 aromatic rings. The Balaban J connectivity index is 1.49. The molecular weight excluding hydrogens is 404 g/mol. The van der Waals surface area contributed by atoms with Crippen molar-refractivity contribution in [1.82, 2.24) is 19.0 Å². The van der Waals surface area contributed by atoms with E-state index in [1.165, 1.54) is 10.9 Å². The van der Waals surface area contributed by atoms with Gasteiger partial charge in [0.15, 0.2) is 5.82 Å². The van der Waals surface area contributed by atoms with Gasteiger partial charge >= 0.3 is 0 Å². The van der Waals surface area contributed by atoms with E-state index in [0.29, 0.717) is 62.5 Å². The van der Waals surface area contributed by atoms with Gasteiger partial charge in [0.25, 0.3) is 5.56 Å². The van der Waals surface area contributed by atoms with Gasteiger partial charge in [0, 0.05) is 43.5 Å². The minimum Gasteiger partial charge on any atom is -0.378 e. The third kappa shape index (κ3) is 2.96. The molecule has 0 radical (unpaired) electrons. The second kappa shape index (κ2) is 7.60. The van der Waals surface area contributed by atoms with Crippen LogP contribution in [0.25, 0.3) is 33.3 Å². The fourth-order valence-corrected chi connectivity index (χ4v) is 5.07. The van der Waals surface area contributed by atoms with Gasteiger partial charge in [-0.05, 0) is 30.2 Å². The fraction of sp³-hybridized carbons (Fsp3) is 0.320. The van der Waals surface area contributed by atoms with E-state index < -0.39 is 0 Å². The number of carbonyl (C=O) groups is 1. The van der Waals surface area contributed by atoms with E-state index >= 15 is 0 Å². The Morgan fingerprint density at radius 1 is 0.969 bits per heavy atom. The number of benzene rings is 2. The third-order valence-corrected chi connectivity index (χ3v) is 6.65. The van der Waals surface area contributed by atoms with Gasteiger partial charge in [-0.2, -0.15) is 0 Å². The molecule has 7 heteroatoms. The number of aromatic nitrogens is 3. The van der Waals surface area contributed by atoms with Gasteiger partial charge < -0.3 is 14.2 Å². The molecule has 2 aliphatic heterocycles. The summed E-state index contributed by atoms with van der Waals surface area (Å²) in [4.78, 5) is 32.9. The van der Waals surface area contributed by atoms with E-state index in [2.05, 4.69) is 16.7 Å². The number of ether oxygens (including phenoxy) is 1. The van der Waals surface area contributed by atoms with Gasteiger partial charge in [-0.3, -0.25) is 14.2 Å². The SMILES string of the molecule is O=C(CCn1c2c(c3ccccc31)CCn1c-2nc2ccccc2c1=O)N1CCOCC1. The first-order chi connectivity index (χ1) is 15.7. The standard InChI is InChI=1S/C25H24N4O3/c30-22(27-13-15-32-16-14-27)10-12-28-21-8-4-2-5-17(21)18-9-11-29-24(23(18)28)26-20-7-3-1-6-19(20)25(29)31/h1-8H,9-16H2. The molecule has 1 amide bonds. The summed E-state index contributed by atoms with van der Waals surface area (Å²) < 4.78 is 9.36. The van der Waals surface area contributed by atoms with Crippen LogP contribution in [0, 0.1) is 0 Å². The number of morpholine rings is 1. The maximum absolute atomic E-state index is 13.2. The van der Waals surface area contributed by atoms with Crippen molar-refractivity contribution >= 4 is 27.7 Å². The van der Waals surface area contributed by atoms with Gasteiger partial charge in [0.2, 0.25) is 5.91 Å². The molecule has 2 aromatic heterocycles. The average Bonchev–Trinajstić information content (AvgIpc) is 3.17. The smallest absolute Gasteiger partial charge is 0.261 e. The largest absolute Gasteiger partial charge is 0.378 e. The number of carbonyl (C=O) groups excluding carboxylic acids is 1. The molecule has 162 valence electrons. The topological polar surface area (TPSA) is 69.4 Å². The monoisotopic (exact) mass is 428 g/mol. The van der Waals surface area contributed by atoms with Gasteiger partial charge in [0.1, 0.15) is 0 Å². The highest BCUT2D eigenvalue weighted by Gasteiger charge is 2.27. The number of fused-ring (bicyclic) bond motifs is 6. The third-order valence-electron chi connectivity index (χ3n) is 6.65. The van der Waals surface area contributed by atoms with E-state index in [1.54, 1.807) is 4.57 Å². The molecule has 0 saturated carbocycles. The van der Waals surface area contributed by atoms with Crippen molar-refractivity contribution in [3.63, 3.8) is 0 Å². The molecule has 6 rings (SSSR count). The van der Waals surface area contributed by atoms with Crippen molar-refractivity contribution in [2.45, 2.75) is 25.9 Å². The second-order valence-corrected chi connectivity index (χ2v) is 8.40. The molecule has 1 saturated heterocycles. The number of aryl methyl sites for hydroxylation is 2. The molecule has 0 bridgehead atoms. The lowest BCUT2D eigenvalue weighted by atomic mass is 10.0. The van der Waals surface area contributed by atoms with Crippen molar-refractivity contribution < 1.29 is 9.53 Å². The summed E-state index contributed by atoms with van der Waals surface area (Å²) in [7, 11) is 0. The van der Waals surface area contributed by atoms with Gasteiger partial charge in [-0.1, -0.05) is 30.3 Å². The number of hydrogen-bond acceptors (Lipinski definition) is 4. The number of hydrogen-bond donors (Lipinski definition) is 0. The number of nitrogens with zero attached hydrogens (tertiary/aromatic N) is 4. The van der Waals surface area contributed by atoms with Gasteiger partial charge in [-0.25, -0.2) is 4.98 Å². The molecule has 4 heterocycles. The Morgan fingerprint density at radius 3 is 2.56 bits per heavy atom. The minimum absolute atomic E-state index is 0.00236. The van der Waals surface area contributed by atoms with Crippen LogP contribution >= 0.6 is 0 Å². The maximum Gasteiger partial charge on any atom is 0.261 e. The van der Waals surface area contributed by atoms with Crippen molar-refractivity contribution in [2.24, 2.45) is 0 Å². The van der Waals surface area contributed by atoms with Crippen LogP contribution in [-0.2, 0) is 29.0 Å². The van der Waals surface area contributed by atoms with Crippen LogP contribution in [0.3, 0.4) is 0 Å². The summed E-state index contributed by atoms with van der Waals surface area (Å²) in [6.07, 6.45) is 1.18. The zero-order chi connectivity index (χ0) is 21.7. The predicted molar refractivity (Wildman–Crippen MR) is 123 cm³/mol. The lowest BCUT2D eigenvalue weighted by Gasteiger charge is -2.27. The Labute approximate surface area is 184 Å². The van der Waals surface area contributed by atoms with E-state index in [-0.39, 0.29) is 11.5 Å². The van der Waals surface area contributed by atoms with Crippen molar-refractivity contribution in [1.29, 1.82) is 0 Å². The molecule has 7 nitrogen and oxygen atoms in total. The molecule has 0 N–H and O–H groups in total. The summed E-state index contributed by atoms with van der Waals surface area (Å²) >= 11 is 0. The highest BCUT2D eigenvalue weighted by atomic mass is 16.5. The minimum atomic E-state index is -0.00236. The van der Waals surface area contributed by atoms with Crippen LogP contribution in [0.2, 0.25) is 0 Å². The van der Waals surface area contributed by atoms with E-state index in [9.17, 15) is 9.59 Å². The van der Waals surface area contributed by atoms with Crippen LogP contribution in [0.1, 0.15) is 12.0 Å². The molecule has 0 aliphatic carbocycles. The van der Waals surface area contributed by atoms with Crippen LogP contribution in [0.4, 0.5) is 0 Å². The van der Waals surface area contributed by atoms with Crippen molar-refractivity contribution in [2.75, 3.05) is 26.3 Å². The maximum atomic E-state index is 13.2. The summed E-state index contributed by atoms with van der Waals surface area (Å²) in [5, 5.41) is 1.82. The summed E-state index contributed by atoms with van der Waals surface area (Å²) in [5.41, 5.74) is 3.97. The van der Waals surface area contributed by atoms with Gasteiger partial charge in [-0.15, -0.1) is 0 Å². The van der Waals surface area contributed by atoms with E-state index in [1.807, 2.05) is 41.3 Å². The van der Waals surface area contributed by atoms with Gasteiger partial charge in [0.05, 0.1) is 29.8 Å². The lowest BCUT2D eigenvalue weighted by molar-refractivity contribution is -0.135. The molecule has 0 atom stereocenters. The normalized spacial score (nSPS) is 15.7. The highest BCUT2D eigenvalue weighted by Crippen LogP contribution is 2.36. The first-order valence-corrected chi connectivity index (χ1v) is 11.2. The van der Waals surface area contributed by atoms with Crippen LogP contribution in [-0.4, -0.2) is 51.2 Å². The average molecular weight is 428 g/mol. The Bertz CT molecular complexity index is 1410. The summed E-state index contributed by atoms with van der Waals surface area (Å²) in [5.74, 6) is 0.837. The fourth-order valence-electron chi connectivity index (χ4n) is 5.07. The second-order valence-electron chi connectivity index (χ2n) is 8.40. The molecule has 0 unspecified atom stereocenters. The first kappa shape index (κ1) is 19.3. The quantitative estimate of drug-likeness (QED) is 0.503. The zero-order valence-corrected chi connectivity index (χ0v) is 17.8. The van der Waals surface area contributed by atoms with Crippen LogP contribution < -0.4 is 5.56 Å². The van der Waals surface area contributed by atoms with E-state index in [0.717, 1.165) is 17.6 Å². The Hall–Kier alpha value is -3.45. The highest BCUT2D eigenvalue weighted by molar-refractivity contribution is 5.92. The number of para-hydroxylation sites is 2. The molecular formula is C25H24N4O3. The molecule has 2 aliphatic rings. The Morgan fingerprint density at radius 2 is 1.72 bits per heavy atom.